The minimum Gasteiger partial charge on any atom is -0.326 e. The van der Waals surface area contributed by atoms with Crippen LogP contribution in [0.2, 0.25) is 5.02 Å². The molecule has 1 aromatic heterocycles. The normalized spacial score (nSPS) is 15.9. The highest BCUT2D eigenvalue weighted by Gasteiger charge is 2.35. The van der Waals surface area contributed by atoms with Gasteiger partial charge in [0.15, 0.2) is 0 Å². The van der Waals surface area contributed by atoms with Gasteiger partial charge in [-0.25, -0.2) is 4.98 Å². The minimum atomic E-state index is -0.465. The van der Waals surface area contributed by atoms with Crippen LogP contribution < -0.4 is 15.8 Å². The number of carbonyl (C=O) groups is 2. The fraction of sp³-hybridized carbons (Fsp3) is 0.217. The van der Waals surface area contributed by atoms with Crippen molar-refractivity contribution < 1.29 is 9.59 Å². The molecule has 8 heteroatoms. The van der Waals surface area contributed by atoms with Gasteiger partial charge in [0.2, 0.25) is 11.8 Å². The van der Waals surface area contributed by atoms with Gasteiger partial charge in [0, 0.05) is 46.7 Å². The Morgan fingerprint density at radius 1 is 1.19 bits per heavy atom. The summed E-state index contributed by atoms with van der Waals surface area (Å²) in [4.78, 5) is 45.9. The lowest BCUT2D eigenvalue weighted by Crippen LogP contribution is -2.28. The molecule has 3 aromatic rings. The van der Waals surface area contributed by atoms with Gasteiger partial charge in [-0.1, -0.05) is 30.7 Å². The maximum atomic E-state index is 12.8. The molecule has 31 heavy (non-hydrogen) atoms. The van der Waals surface area contributed by atoms with Crippen LogP contribution >= 0.6 is 11.6 Å². The molecule has 7 nitrogen and oxygen atoms in total. The zero-order chi connectivity index (χ0) is 22.0. The van der Waals surface area contributed by atoms with Crippen molar-refractivity contribution in [3.8, 4) is 11.4 Å². The average Bonchev–Trinajstić information content (AvgIpc) is 3.16. The highest BCUT2D eigenvalue weighted by Crippen LogP contribution is 2.27. The molecular weight excluding hydrogens is 416 g/mol. The van der Waals surface area contributed by atoms with E-state index < -0.39 is 5.92 Å². The molecule has 1 aliphatic rings. The fourth-order valence-electron chi connectivity index (χ4n) is 3.57. The van der Waals surface area contributed by atoms with Gasteiger partial charge in [-0.3, -0.25) is 14.4 Å². The molecule has 1 saturated heterocycles. The van der Waals surface area contributed by atoms with E-state index in [1.165, 1.54) is 6.07 Å². The van der Waals surface area contributed by atoms with Crippen molar-refractivity contribution in [2.24, 2.45) is 5.92 Å². The first-order chi connectivity index (χ1) is 14.9. The average molecular weight is 437 g/mol. The fourth-order valence-corrected chi connectivity index (χ4v) is 3.69. The summed E-state index contributed by atoms with van der Waals surface area (Å²) in [5.74, 6) is -0.348. The van der Waals surface area contributed by atoms with Crippen LogP contribution in [0.25, 0.3) is 11.4 Å². The van der Waals surface area contributed by atoms with Gasteiger partial charge in [0.05, 0.1) is 5.92 Å². The summed E-state index contributed by atoms with van der Waals surface area (Å²) >= 11 is 5.92. The van der Waals surface area contributed by atoms with Crippen LogP contribution in [0.3, 0.4) is 0 Å². The summed E-state index contributed by atoms with van der Waals surface area (Å²) in [6.45, 7) is 2.23. The molecule has 1 unspecified atom stereocenters. The van der Waals surface area contributed by atoms with Crippen molar-refractivity contribution >= 4 is 34.8 Å². The predicted octanol–water partition coefficient (Wildman–Crippen LogP) is 3.64. The predicted molar refractivity (Wildman–Crippen MR) is 120 cm³/mol. The molecular formula is C23H21ClN4O3. The first-order valence-electron chi connectivity index (χ1n) is 10.0. The van der Waals surface area contributed by atoms with E-state index in [1.807, 2.05) is 13.0 Å². The minimum absolute atomic E-state index is 0.102. The third-order valence-electron chi connectivity index (χ3n) is 5.19. The molecule has 0 radical (unpaired) electrons. The molecule has 2 aromatic carbocycles. The quantitative estimate of drug-likeness (QED) is 0.638. The first-order valence-corrected chi connectivity index (χ1v) is 10.4. The van der Waals surface area contributed by atoms with E-state index in [0.717, 1.165) is 5.69 Å². The number of amides is 2. The van der Waals surface area contributed by atoms with E-state index in [-0.39, 0.29) is 23.8 Å². The molecule has 158 valence electrons. The van der Waals surface area contributed by atoms with Crippen LogP contribution in [0, 0.1) is 5.92 Å². The van der Waals surface area contributed by atoms with E-state index >= 15 is 0 Å². The van der Waals surface area contributed by atoms with Gasteiger partial charge in [-0.2, -0.15) is 0 Å². The number of carbonyl (C=O) groups excluding carboxylic acids is 2. The third kappa shape index (κ3) is 4.67. The molecule has 4 rings (SSSR count). The Kier molecular flexibility index (Phi) is 5.86. The Morgan fingerprint density at radius 3 is 2.71 bits per heavy atom. The molecule has 2 heterocycles. The number of hydrogen-bond donors (Lipinski definition) is 2. The Morgan fingerprint density at radius 2 is 1.97 bits per heavy atom. The maximum Gasteiger partial charge on any atom is 0.251 e. The number of aryl methyl sites for hydroxylation is 1. The summed E-state index contributed by atoms with van der Waals surface area (Å²) in [6.07, 6.45) is 0.786. The number of nitrogens with zero attached hydrogens (tertiary/aromatic N) is 2. The van der Waals surface area contributed by atoms with Gasteiger partial charge in [0.25, 0.3) is 5.56 Å². The zero-order valence-electron chi connectivity index (χ0n) is 16.9. The molecule has 0 aliphatic carbocycles. The number of halogens is 1. The molecule has 0 bridgehead atoms. The summed E-state index contributed by atoms with van der Waals surface area (Å²) in [7, 11) is 0. The van der Waals surface area contributed by atoms with E-state index in [2.05, 4.69) is 15.3 Å². The number of H-pyrrole nitrogens is 1. The number of aromatic amines is 1. The Labute approximate surface area is 184 Å². The molecule has 2 N–H and O–H groups in total. The Bertz CT molecular complexity index is 1190. The standard InChI is InChI=1S/C23H21ClN4O3/c1-2-17-12-20(29)27-22(25-17)14-4-3-5-18(10-14)26-23(31)15-11-21(30)28(13-15)19-8-6-16(24)7-9-19/h3-10,12,15H,2,11,13H2,1H3,(H,26,31)(H,25,27,29). The summed E-state index contributed by atoms with van der Waals surface area (Å²) < 4.78 is 0. The molecule has 1 aliphatic heterocycles. The lowest BCUT2D eigenvalue weighted by atomic mass is 10.1. The lowest BCUT2D eigenvalue weighted by Gasteiger charge is -2.17. The van der Waals surface area contributed by atoms with Gasteiger partial charge in [-0.05, 0) is 42.8 Å². The van der Waals surface area contributed by atoms with Gasteiger partial charge >= 0.3 is 0 Å². The van der Waals surface area contributed by atoms with E-state index in [4.69, 9.17) is 11.6 Å². The summed E-state index contributed by atoms with van der Waals surface area (Å²) in [5.41, 5.74) is 2.46. The Balaban J connectivity index is 1.49. The van der Waals surface area contributed by atoms with Gasteiger partial charge in [0.1, 0.15) is 5.82 Å². The second-order valence-corrected chi connectivity index (χ2v) is 7.83. The van der Waals surface area contributed by atoms with Crippen molar-refractivity contribution in [1.82, 2.24) is 9.97 Å². The molecule has 0 saturated carbocycles. The van der Waals surface area contributed by atoms with E-state index in [1.54, 1.807) is 47.4 Å². The van der Waals surface area contributed by atoms with Crippen molar-refractivity contribution in [2.75, 3.05) is 16.8 Å². The number of aromatic nitrogens is 2. The van der Waals surface area contributed by atoms with Crippen LogP contribution in [0.5, 0.6) is 0 Å². The smallest absolute Gasteiger partial charge is 0.251 e. The first kappa shape index (κ1) is 20.8. The number of rotatable bonds is 5. The van der Waals surface area contributed by atoms with Crippen LogP contribution in [-0.2, 0) is 16.0 Å². The Hall–Kier alpha value is -3.45. The number of anilines is 2. The van der Waals surface area contributed by atoms with Crippen molar-refractivity contribution in [3.05, 3.63) is 75.7 Å². The van der Waals surface area contributed by atoms with Crippen LogP contribution in [0.15, 0.2) is 59.4 Å². The van der Waals surface area contributed by atoms with Crippen molar-refractivity contribution in [1.29, 1.82) is 0 Å². The monoisotopic (exact) mass is 436 g/mol. The highest BCUT2D eigenvalue weighted by molar-refractivity contribution is 6.30. The van der Waals surface area contributed by atoms with E-state index in [0.29, 0.717) is 40.8 Å². The van der Waals surface area contributed by atoms with E-state index in [9.17, 15) is 14.4 Å². The molecule has 1 fully saturated rings. The summed E-state index contributed by atoms with van der Waals surface area (Å²) in [6, 6.07) is 15.5. The lowest BCUT2D eigenvalue weighted by molar-refractivity contribution is -0.122. The van der Waals surface area contributed by atoms with Gasteiger partial charge < -0.3 is 15.2 Å². The number of benzene rings is 2. The van der Waals surface area contributed by atoms with Crippen LogP contribution in [0.1, 0.15) is 19.0 Å². The molecule has 0 spiro atoms. The topological polar surface area (TPSA) is 95.2 Å². The number of nitrogens with one attached hydrogen (secondary N) is 2. The van der Waals surface area contributed by atoms with Crippen LogP contribution in [0.4, 0.5) is 11.4 Å². The third-order valence-corrected chi connectivity index (χ3v) is 5.45. The highest BCUT2D eigenvalue weighted by atomic mass is 35.5. The molecule has 1 atom stereocenters. The second-order valence-electron chi connectivity index (χ2n) is 7.39. The SMILES string of the molecule is CCc1cc(=O)[nH]c(-c2cccc(NC(=O)C3CC(=O)N(c4ccc(Cl)cc4)C3)c2)n1. The maximum absolute atomic E-state index is 12.8. The largest absolute Gasteiger partial charge is 0.326 e. The van der Waals surface area contributed by atoms with Crippen molar-refractivity contribution in [2.45, 2.75) is 19.8 Å². The molecule has 2 amide bonds. The zero-order valence-corrected chi connectivity index (χ0v) is 17.6. The van der Waals surface area contributed by atoms with Crippen LogP contribution in [-0.4, -0.2) is 28.3 Å². The van der Waals surface area contributed by atoms with Gasteiger partial charge in [-0.15, -0.1) is 0 Å². The van der Waals surface area contributed by atoms with Crippen molar-refractivity contribution in [3.63, 3.8) is 0 Å². The second kappa shape index (κ2) is 8.73. The number of hydrogen-bond acceptors (Lipinski definition) is 4. The summed E-state index contributed by atoms with van der Waals surface area (Å²) in [5, 5.41) is 3.47.